The van der Waals surface area contributed by atoms with Gasteiger partial charge in [0.25, 0.3) is 0 Å². The summed E-state index contributed by atoms with van der Waals surface area (Å²) in [6.07, 6.45) is 8.45. The number of rotatable bonds is 5. The third-order valence-electron chi connectivity index (χ3n) is 4.78. The normalized spacial score (nSPS) is 22.1. The third-order valence-corrected chi connectivity index (χ3v) is 5.52. The fraction of sp³-hybridized carbons (Fsp3) is 0.450. The summed E-state index contributed by atoms with van der Waals surface area (Å²) in [5.41, 5.74) is 4.84. The lowest BCUT2D eigenvalue weighted by atomic mass is 9.82. The van der Waals surface area contributed by atoms with Crippen molar-refractivity contribution < 1.29 is 4.21 Å². The Morgan fingerprint density at radius 2 is 2.12 bits per heavy atom. The highest BCUT2D eigenvalue weighted by Crippen LogP contribution is 2.34. The molecule has 3 rings (SSSR count). The molecule has 4 heteroatoms. The Bertz CT molecular complexity index is 716. The summed E-state index contributed by atoms with van der Waals surface area (Å²) in [7, 11) is -0.801. The van der Waals surface area contributed by atoms with E-state index in [2.05, 4.69) is 35.4 Å². The molecule has 0 spiro atoms. The second kappa shape index (κ2) is 7.93. The Balaban J connectivity index is 1.67. The lowest BCUT2D eigenvalue weighted by Crippen LogP contribution is -2.27. The van der Waals surface area contributed by atoms with Gasteiger partial charge < -0.3 is 5.32 Å². The van der Waals surface area contributed by atoms with Crippen molar-refractivity contribution in [2.24, 2.45) is 0 Å². The summed E-state index contributed by atoms with van der Waals surface area (Å²) in [5, 5.41) is 3.69. The summed E-state index contributed by atoms with van der Waals surface area (Å²) < 4.78 is 11.4. The molecular formula is C20H26N2OS. The molecule has 1 heterocycles. The van der Waals surface area contributed by atoms with Crippen molar-refractivity contribution in [2.45, 2.75) is 50.3 Å². The molecule has 2 aromatic rings. The quantitative estimate of drug-likeness (QED) is 0.875. The van der Waals surface area contributed by atoms with Crippen molar-refractivity contribution in [3.8, 4) is 0 Å². The molecule has 0 aliphatic heterocycles. The molecule has 1 N–H and O–H groups in total. The largest absolute Gasteiger partial charge is 0.382 e. The topological polar surface area (TPSA) is 42.0 Å². The van der Waals surface area contributed by atoms with Crippen LogP contribution in [0.25, 0.3) is 0 Å². The standard InChI is InChI=1S/C20H26N2OS/c1-15-6-5-11-21-20(15)17-8-4-10-19(13-17)22-18-9-3-7-16(12-18)14-24(2)23/h3,5-7,9,11-12,17,19,22H,4,8,10,13-14H2,1-2H3. The van der Waals surface area contributed by atoms with Gasteiger partial charge in [-0.15, -0.1) is 0 Å². The van der Waals surface area contributed by atoms with E-state index in [4.69, 9.17) is 0 Å². The van der Waals surface area contributed by atoms with Gasteiger partial charge >= 0.3 is 0 Å². The van der Waals surface area contributed by atoms with E-state index in [0.29, 0.717) is 17.7 Å². The summed E-state index contributed by atoms with van der Waals surface area (Å²) >= 11 is 0. The van der Waals surface area contributed by atoms with Crippen LogP contribution in [0.2, 0.25) is 0 Å². The highest BCUT2D eigenvalue weighted by molar-refractivity contribution is 7.83. The average molecular weight is 343 g/mol. The number of aromatic nitrogens is 1. The fourth-order valence-electron chi connectivity index (χ4n) is 3.72. The van der Waals surface area contributed by atoms with E-state index < -0.39 is 10.8 Å². The zero-order valence-electron chi connectivity index (χ0n) is 14.5. The Kier molecular flexibility index (Phi) is 5.67. The molecule has 1 fully saturated rings. The van der Waals surface area contributed by atoms with Crippen molar-refractivity contribution in [1.82, 2.24) is 4.98 Å². The number of pyridine rings is 1. The minimum absolute atomic E-state index is 0.479. The van der Waals surface area contributed by atoms with Gasteiger partial charge in [0.05, 0.1) is 0 Å². The van der Waals surface area contributed by atoms with Crippen LogP contribution in [-0.2, 0) is 16.6 Å². The van der Waals surface area contributed by atoms with Gasteiger partial charge in [0.1, 0.15) is 0 Å². The van der Waals surface area contributed by atoms with E-state index in [-0.39, 0.29) is 0 Å². The van der Waals surface area contributed by atoms with E-state index in [1.54, 1.807) is 6.26 Å². The zero-order chi connectivity index (χ0) is 16.9. The fourth-order valence-corrected chi connectivity index (χ4v) is 4.36. The first-order chi connectivity index (χ1) is 11.6. The van der Waals surface area contributed by atoms with Crippen LogP contribution in [0.3, 0.4) is 0 Å². The zero-order valence-corrected chi connectivity index (χ0v) is 15.3. The van der Waals surface area contributed by atoms with Gasteiger partial charge in [-0.3, -0.25) is 9.19 Å². The predicted octanol–water partition coefficient (Wildman–Crippen LogP) is 4.41. The number of aryl methyl sites for hydroxylation is 1. The van der Waals surface area contributed by atoms with Gasteiger partial charge in [0.2, 0.25) is 0 Å². The molecule has 3 atom stereocenters. The van der Waals surface area contributed by atoms with Gasteiger partial charge in [0, 0.05) is 52.3 Å². The number of anilines is 1. The first kappa shape index (κ1) is 17.2. The predicted molar refractivity (Wildman–Crippen MR) is 102 cm³/mol. The van der Waals surface area contributed by atoms with Crippen LogP contribution in [-0.4, -0.2) is 21.5 Å². The second-order valence-electron chi connectivity index (χ2n) is 6.83. The molecule has 128 valence electrons. The summed E-state index contributed by atoms with van der Waals surface area (Å²) in [5.74, 6) is 1.17. The molecule has 1 saturated carbocycles. The Labute approximate surface area is 147 Å². The third kappa shape index (κ3) is 4.44. The van der Waals surface area contributed by atoms with Gasteiger partial charge in [-0.2, -0.15) is 0 Å². The lowest BCUT2D eigenvalue weighted by Gasteiger charge is -2.31. The first-order valence-corrected chi connectivity index (χ1v) is 10.4. The Morgan fingerprint density at radius 3 is 2.92 bits per heavy atom. The molecule has 1 aromatic heterocycles. The molecule has 0 amide bonds. The Morgan fingerprint density at radius 1 is 1.25 bits per heavy atom. The van der Waals surface area contributed by atoms with Gasteiger partial charge in [-0.05, 0) is 55.5 Å². The van der Waals surface area contributed by atoms with Crippen LogP contribution in [0.4, 0.5) is 5.69 Å². The Hall–Kier alpha value is -1.68. The minimum Gasteiger partial charge on any atom is -0.382 e. The maximum atomic E-state index is 11.4. The van der Waals surface area contributed by atoms with Crippen LogP contribution >= 0.6 is 0 Å². The molecule has 3 nitrogen and oxygen atoms in total. The van der Waals surface area contributed by atoms with Crippen molar-refractivity contribution in [2.75, 3.05) is 11.6 Å². The SMILES string of the molecule is Cc1cccnc1C1CCCC(Nc2cccc(CS(C)=O)c2)C1. The molecule has 0 bridgehead atoms. The number of nitrogens with one attached hydrogen (secondary N) is 1. The molecular weight excluding hydrogens is 316 g/mol. The van der Waals surface area contributed by atoms with E-state index >= 15 is 0 Å². The maximum Gasteiger partial charge on any atom is 0.0483 e. The molecule has 24 heavy (non-hydrogen) atoms. The number of hydrogen-bond acceptors (Lipinski definition) is 3. The molecule has 0 radical (unpaired) electrons. The maximum absolute atomic E-state index is 11.4. The molecule has 1 aliphatic rings. The van der Waals surface area contributed by atoms with Gasteiger partial charge in [0.15, 0.2) is 0 Å². The molecule has 3 unspecified atom stereocenters. The van der Waals surface area contributed by atoms with Crippen LogP contribution in [0.5, 0.6) is 0 Å². The smallest absolute Gasteiger partial charge is 0.0483 e. The van der Waals surface area contributed by atoms with E-state index in [1.165, 1.54) is 30.5 Å². The monoisotopic (exact) mass is 342 g/mol. The van der Waals surface area contributed by atoms with Crippen molar-refractivity contribution in [3.63, 3.8) is 0 Å². The first-order valence-electron chi connectivity index (χ1n) is 8.69. The molecule has 0 saturated heterocycles. The number of nitrogens with zero attached hydrogens (tertiary/aromatic N) is 1. The highest BCUT2D eigenvalue weighted by atomic mass is 32.2. The summed E-state index contributed by atoms with van der Waals surface area (Å²) in [6, 6.07) is 13.0. The van der Waals surface area contributed by atoms with Crippen LogP contribution in [0, 0.1) is 6.92 Å². The minimum atomic E-state index is -0.801. The van der Waals surface area contributed by atoms with Crippen LogP contribution in [0.1, 0.15) is 48.4 Å². The molecule has 1 aromatic carbocycles. The van der Waals surface area contributed by atoms with Gasteiger partial charge in [-0.25, -0.2) is 0 Å². The number of benzene rings is 1. The molecule has 1 aliphatic carbocycles. The lowest BCUT2D eigenvalue weighted by molar-refractivity contribution is 0.404. The van der Waals surface area contributed by atoms with E-state index in [1.807, 2.05) is 24.4 Å². The summed E-state index contributed by atoms with van der Waals surface area (Å²) in [4.78, 5) is 4.63. The van der Waals surface area contributed by atoms with E-state index in [0.717, 1.165) is 17.7 Å². The van der Waals surface area contributed by atoms with Crippen LogP contribution in [0.15, 0.2) is 42.6 Å². The van der Waals surface area contributed by atoms with Crippen molar-refractivity contribution >= 4 is 16.5 Å². The highest BCUT2D eigenvalue weighted by Gasteiger charge is 2.25. The van der Waals surface area contributed by atoms with Gasteiger partial charge in [-0.1, -0.05) is 24.6 Å². The average Bonchev–Trinajstić information content (AvgIpc) is 2.55. The van der Waals surface area contributed by atoms with Crippen LogP contribution < -0.4 is 5.32 Å². The second-order valence-corrected chi connectivity index (χ2v) is 8.26. The van der Waals surface area contributed by atoms with Crippen molar-refractivity contribution in [1.29, 1.82) is 0 Å². The number of hydrogen-bond donors (Lipinski definition) is 1. The van der Waals surface area contributed by atoms with E-state index in [9.17, 15) is 4.21 Å². The van der Waals surface area contributed by atoms with Crippen molar-refractivity contribution in [3.05, 3.63) is 59.4 Å². The summed E-state index contributed by atoms with van der Waals surface area (Å²) in [6.45, 7) is 2.16.